The van der Waals surface area contributed by atoms with E-state index in [4.69, 9.17) is 0 Å². The standard InChI is InChI=1S/C21H17FN6O/c1-13-7-8-16(24-12-13)20-23-10-9-19(25-20)26-21(29)18-11-14(2)27-28(18)17-6-4-3-5-15(17)22/h3-12H,1-2H3,(H,23,25,26,29). The van der Waals surface area contributed by atoms with E-state index in [1.54, 1.807) is 49.6 Å². The van der Waals surface area contributed by atoms with Crippen molar-refractivity contribution in [2.45, 2.75) is 13.8 Å². The molecule has 0 aliphatic carbocycles. The van der Waals surface area contributed by atoms with Crippen LogP contribution in [-0.2, 0) is 0 Å². The quantitative estimate of drug-likeness (QED) is 0.576. The summed E-state index contributed by atoms with van der Waals surface area (Å²) in [6.45, 7) is 3.68. The van der Waals surface area contributed by atoms with Gasteiger partial charge in [0, 0.05) is 12.4 Å². The lowest BCUT2D eigenvalue weighted by Crippen LogP contribution is -2.18. The monoisotopic (exact) mass is 388 g/mol. The molecular weight excluding hydrogens is 371 g/mol. The maximum atomic E-state index is 14.2. The van der Waals surface area contributed by atoms with Crippen molar-refractivity contribution >= 4 is 11.7 Å². The van der Waals surface area contributed by atoms with Crippen molar-refractivity contribution in [3.05, 3.63) is 83.7 Å². The summed E-state index contributed by atoms with van der Waals surface area (Å²) in [5.41, 5.74) is 2.60. The molecule has 0 atom stereocenters. The highest BCUT2D eigenvalue weighted by Gasteiger charge is 2.18. The molecule has 0 spiro atoms. The highest BCUT2D eigenvalue weighted by molar-refractivity contribution is 6.03. The number of nitrogens with one attached hydrogen (secondary N) is 1. The first-order chi connectivity index (χ1) is 14.0. The van der Waals surface area contributed by atoms with Crippen LogP contribution in [0.15, 0.2) is 60.9 Å². The van der Waals surface area contributed by atoms with Gasteiger partial charge in [0.2, 0.25) is 0 Å². The van der Waals surface area contributed by atoms with E-state index in [9.17, 15) is 9.18 Å². The van der Waals surface area contributed by atoms with E-state index < -0.39 is 11.7 Å². The molecule has 0 aliphatic heterocycles. The predicted molar refractivity (Wildman–Crippen MR) is 106 cm³/mol. The zero-order valence-electron chi connectivity index (χ0n) is 15.8. The number of rotatable bonds is 4. The van der Waals surface area contributed by atoms with Crippen LogP contribution in [0.5, 0.6) is 0 Å². The molecule has 1 N–H and O–H groups in total. The summed E-state index contributed by atoms with van der Waals surface area (Å²) in [6.07, 6.45) is 3.26. The Kier molecular flexibility index (Phi) is 4.82. The number of benzene rings is 1. The summed E-state index contributed by atoms with van der Waals surface area (Å²) < 4.78 is 15.5. The summed E-state index contributed by atoms with van der Waals surface area (Å²) >= 11 is 0. The summed E-state index contributed by atoms with van der Waals surface area (Å²) in [5, 5.41) is 6.97. The number of hydrogen-bond acceptors (Lipinski definition) is 5. The number of carbonyl (C=O) groups is 1. The fraction of sp³-hybridized carbons (Fsp3) is 0.0952. The number of aromatic nitrogens is 5. The summed E-state index contributed by atoms with van der Waals surface area (Å²) in [6, 6.07) is 13.0. The normalized spacial score (nSPS) is 10.7. The lowest BCUT2D eigenvalue weighted by molar-refractivity contribution is 0.101. The van der Waals surface area contributed by atoms with Crippen molar-refractivity contribution in [1.29, 1.82) is 0 Å². The van der Waals surface area contributed by atoms with Crippen molar-refractivity contribution in [1.82, 2.24) is 24.7 Å². The van der Waals surface area contributed by atoms with Gasteiger partial charge < -0.3 is 5.32 Å². The Bertz CT molecular complexity index is 1190. The Labute approximate surface area is 166 Å². The molecule has 7 nitrogen and oxygen atoms in total. The van der Waals surface area contributed by atoms with Crippen LogP contribution in [-0.4, -0.2) is 30.6 Å². The van der Waals surface area contributed by atoms with Gasteiger partial charge in [-0.2, -0.15) is 5.10 Å². The van der Waals surface area contributed by atoms with Gasteiger partial charge in [0.25, 0.3) is 5.91 Å². The van der Waals surface area contributed by atoms with E-state index in [-0.39, 0.29) is 11.4 Å². The highest BCUT2D eigenvalue weighted by Crippen LogP contribution is 2.18. The third kappa shape index (κ3) is 3.86. The van der Waals surface area contributed by atoms with Crippen LogP contribution in [0.4, 0.5) is 10.2 Å². The van der Waals surface area contributed by atoms with Gasteiger partial charge in [0.05, 0.1) is 5.69 Å². The molecule has 0 radical (unpaired) electrons. The third-order valence-electron chi connectivity index (χ3n) is 4.18. The van der Waals surface area contributed by atoms with Crippen LogP contribution < -0.4 is 5.32 Å². The molecule has 144 valence electrons. The molecule has 1 aromatic carbocycles. The SMILES string of the molecule is Cc1ccc(-c2nccc(NC(=O)c3cc(C)nn3-c3ccccc3F)n2)nc1. The Morgan fingerprint density at radius 3 is 2.66 bits per heavy atom. The maximum Gasteiger partial charge on any atom is 0.275 e. The van der Waals surface area contributed by atoms with E-state index in [1.165, 1.54) is 10.7 Å². The van der Waals surface area contributed by atoms with Gasteiger partial charge in [0.1, 0.15) is 28.7 Å². The second kappa shape index (κ2) is 7.59. The smallest absolute Gasteiger partial charge is 0.275 e. The van der Waals surface area contributed by atoms with Crippen molar-refractivity contribution in [2.75, 3.05) is 5.32 Å². The Morgan fingerprint density at radius 2 is 1.90 bits per heavy atom. The minimum atomic E-state index is -0.473. The lowest BCUT2D eigenvalue weighted by Gasteiger charge is -2.09. The van der Waals surface area contributed by atoms with E-state index in [0.29, 0.717) is 23.0 Å². The Morgan fingerprint density at radius 1 is 1.07 bits per heavy atom. The number of pyridine rings is 1. The second-order valence-electron chi connectivity index (χ2n) is 6.47. The van der Waals surface area contributed by atoms with Crippen molar-refractivity contribution in [3.8, 4) is 17.2 Å². The highest BCUT2D eigenvalue weighted by atomic mass is 19.1. The first kappa shape index (κ1) is 18.4. The number of nitrogens with zero attached hydrogens (tertiary/aromatic N) is 5. The number of aryl methyl sites for hydroxylation is 2. The first-order valence-electron chi connectivity index (χ1n) is 8.90. The molecule has 29 heavy (non-hydrogen) atoms. The lowest BCUT2D eigenvalue weighted by atomic mass is 10.2. The summed E-state index contributed by atoms with van der Waals surface area (Å²) in [4.78, 5) is 25.7. The summed E-state index contributed by atoms with van der Waals surface area (Å²) in [7, 11) is 0. The molecule has 0 saturated carbocycles. The molecule has 8 heteroatoms. The average molecular weight is 388 g/mol. The van der Waals surface area contributed by atoms with Gasteiger partial charge in [-0.3, -0.25) is 9.78 Å². The molecule has 0 fully saturated rings. The van der Waals surface area contributed by atoms with Crippen LogP contribution in [0.25, 0.3) is 17.2 Å². The number of amides is 1. The molecule has 1 amide bonds. The number of para-hydroxylation sites is 1. The second-order valence-corrected chi connectivity index (χ2v) is 6.47. The molecule has 0 bridgehead atoms. The minimum Gasteiger partial charge on any atom is -0.305 e. The van der Waals surface area contributed by atoms with Crippen LogP contribution in [0.1, 0.15) is 21.7 Å². The van der Waals surface area contributed by atoms with Gasteiger partial charge in [-0.15, -0.1) is 0 Å². The molecule has 4 rings (SSSR count). The first-order valence-corrected chi connectivity index (χ1v) is 8.90. The number of hydrogen-bond donors (Lipinski definition) is 1. The molecule has 0 unspecified atom stereocenters. The van der Waals surface area contributed by atoms with Crippen molar-refractivity contribution in [3.63, 3.8) is 0 Å². The van der Waals surface area contributed by atoms with Gasteiger partial charge in [-0.25, -0.2) is 19.0 Å². The van der Waals surface area contributed by atoms with Gasteiger partial charge in [-0.05, 0) is 49.7 Å². The largest absolute Gasteiger partial charge is 0.305 e. The predicted octanol–water partition coefficient (Wildman–Crippen LogP) is 3.73. The zero-order valence-corrected chi connectivity index (χ0v) is 15.8. The van der Waals surface area contributed by atoms with Crippen LogP contribution in [0.2, 0.25) is 0 Å². The number of carbonyl (C=O) groups excluding carboxylic acids is 1. The Balaban J connectivity index is 1.64. The Hall–Kier alpha value is -3.94. The van der Waals surface area contributed by atoms with Crippen molar-refractivity contribution < 1.29 is 9.18 Å². The van der Waals surface area contributed by atoms with Gasteiger partial charge >= 0.3 is 0 Å². The maximum absolute atomic E-state index is 14.2. The fourth-order valence-electron chi connectivity index (χ4n) is 2.80. The molecular formula is C21H17FN6O. The number of anilines is 1. The van der Waals surface area contributed by atoms with Crippen LogP contribution in [0, 0.1) is 19.7 Å². The molecule has 3 aromatic heterocycles. The van der Waals surface area contributed by atoms with E-state index in [2.05, 4.69) is 25.4 Å². The summed E-state index contributed by atoms with van der Waals surface area (Å²) in [5.74, 6) is -0.238. The topological polar surface area (TPSA) is 85.6 Å². The molecule has 0 aliphatic rings. The van der Waals surface area contributed by atoms with Gasteiger partial charge in [0.15, 0.2) is 5.82 Å². The van der Waals surface area contributed by atoms with E-state index in [0.717, 1.165) is 5.56 Å². The molecule has 4 aromatic rings. The molecule has 0 saturated heterocycles. The zero-order chi connectivity index (χ0) is 20.4. The van der Waals surface area contributed by atoms with Crippen LogP contribution in [0.3, 0.4) is 0 Å². The average Bonchev–Trinajstić information content (AvgIpc) is 3.11. The molecule has 3 heterocycles. The minimum absolute atomic E-state index is 0.193. The fourth-order valence-corrected chi connectivity index (χ4v) is 2.80. The van der Waals surface area contributed by atoms with Gasteiger partial charge in [-0.1, -0.05) is 18.2 Å². The third-order valence-corrected chi connectivity index (χ3v) is 4.18. The number of halogens is 1. The van der Waals surface area contributed by atoms with Crippen LogP contribution >= 0.6 is 0 Å². The van der Waals surface area contributed by atoms with E-state index >= 15 is 0 Å². The van der Waals surface area contributed by atoms with Crippen molar-refractivity contribution in [2.24, 2.45) is 0 Å². The van der Waals surface area contributed by atoms with E-state index in [1.807, 2.05) is 19.1 Å².